The lowest BCUT2D eigenvalue weighted by Gasteiger charge is -2.26. The molecule has 34 heavy (non-hydrogen) atoms. The van der Waals surface area contributed by atoms with Crippen molar-refractivity contribution in [3.8, 4) is 5.75 Å². The molecule has 0 saturated carbocycles. The number of thioether (sulfide) groups is 1. The van der Waals surface area contributed by atoms with Gasteiger partial charge in [-0.25, -0.2) is 8.42 Å². The monoisotopic (exact) mass is 498 g/mol. The number of amides is 1. The van der Waals surface area contributed by atoms with Gasteiger partial charge < -0.3 is 10.1 Å². The van der Waals surface area contributed by atoms with E-state index in [0.717, 1.165) is 14.8 Å². The zero-order valence-electron chi connectivity index (χ0n) is 19.8. The molecule has 1 amide bonds. The third kappa shape index (κ3) is 6.12. The number of nitrogens with one attached hydrogen (secondary N) is 1. The first-order valence-corrected chi connectivity index (χ1v) is 13.7. The number of anilines is 2. The normalized spacial score (nSPS) is 11.3. The van der Waals surface area contributed by atoms with Gasteiger partial charge in [-0.2, -0.15) is 0 Å². The van der Waals surface area contributed by atoms with Gasteiger partial charge >= 0.3 is 0 Å². The first-order chi connectivity index (χ1) is 16.3. The second-order valence-electron chi connectivity index (χ2n) is 7.91. The molecule has 0 aliphatic rings. The molecule has 0 fully saturated rings. The van der Waals surface area contributed by atoms with Crippen LogP contribution in [0.3, 0.4) is 0 Å². The number of ether oxygens (including phenoxy) is 1. The summed E-state index contributed by atoms with van der Waals surface area (Å²) in [5, 5.41) is 2.81. The molecule has 3 aromatic carbocycles. The summed E-state index contributed by atoms with van der Waals surface area (Å²) < 4.78 is 34.1. The van der Waals surface area contributed by atoms with Crippen molar-refractivity contribution >= 4 is 39.1 Å². The summed E-state index contributed by atoms with van der Waals surface area (Å²) >= 11 is 1.52. The second kappa shape index (κ2) is 11.4. The molecule has 180 valence electrons. The topological polar surface area (TPSA) is 75.7 Å². The average Bonchev–Trinajstić information content (AvgIpc) is 2.83. The summed E-state index contributed by atoms with van der Waals surface area (Å²) in [5.41, 5.74) is 2.07. The molecule has 0 aliphatic carbocycles. The van der Waals surface area contributed by atoms with E-state index in [4.69, 9.17) is 4.74 Å². The van der Waals surface area contributed by atoms with Crippen LogP contribution < -0.4 is 14.4 Å². The molecule has 0 spiro atoms. The van der Waals surface area contributed by atoms with Crippen LogP contribution in [0.2, 0.25) is 0 Å². The van der Waals surface area contributed by atoms with Gasteiger partial charge in [0.25, 0.3) is 10.0 Å². The van der Waals surface area contributed by atoms with E-state index in [0.29, 0.717) is 29.6 Å². The van der Waals surface area contributed by atoms with E-state index >= 15 is 0 Å². The number of sulfonamides is 1. The van der Waals surface area contributed by atoms with Crippen molar-refractivity contribution < 1.29 is 17.9 Å². The van der Waals surface area contributed by atoms with E-state index in [1.54, 1.807) is 48.5 Å². The van der Waals surface area contributed by atoms with Crippen LogP contribution >= 0.6 is 11.8 Å². The molecule has 3 rings (SSSR count). The van der Waals surface area contributed by atoms with Crippen molar-refractivity contribution in [2.24, 2.45) is 0 Å². The molecule has 0 aliphatic heterocycles. The Morgan fingerprint density at radius 3 is 2.24 bits per heavy atom. The summed E-state index contributed by atoms with van der Waals surface area (Å²) in [6, 6.07) is 21.0. The Kier molecular flexibility index (Phi) is 8.63. The number of carbonyl (C=O) groups excluding carboxylic acids is 1. The lowest BCUT2D eigenvalue weighted by atomic mass is 10.0. The van der Waals surface area contributed by atoms with Gasteiger partial charge in [0.2, 0.25) is 5.91 Å². The number of nitrogens with zero attached hydrogens (tertiary/aromatic N) is 1. The summed E-state index contributed by atoms with van der Waals surface area (Å²) in [6.45, 7) is 5.98. The summed E-state index contributed by atoms with van der Waals surface area (Å²) in [7, 11) is -4.04. The quantitative estimate of drug-likeness (QED) is 0.360. The van der Waals surface area contributed by atoms with Crippen molar-refractivity contribution in [1.82, 2.24) is 0 Å². The fourth-order valence-electron chi connectivity index (χ4n) is 3.40. The Labute approximate surface area is 206 Å². The van der Waals surface area contributed by atoms with Crippen molar-refractivity contribution in [3.63, 3.8) is 0 Å². The molecule has 0 heterocycles. The van der Waals surface area contributed by atoms with Gasteiger partial charge in [0, 0.05) is 10.6 Å². The van der Waals surface area contributed by atoms with Crippen LogP contribution in [0.5, 0.6) is 5.75 Å². The highest BCUT2D eigenvalue weighted by molar-refractivity contribution is 7.98. The largest absolute Gasteiger partial charge is 0.492 e. The standard InChI is InChI=1S/C26H30N2O4S2/c1-5-32-25-9-7-6-8-24(25)28(34(30,31)23-16-14-22(33-4)15-17-23)18-26(29)27-21-12-10-20(11-13-21)19(2)3/h6-17,19H,5,18H2,1-4H3,(H,27,29). The predicted molar refractivity (Wildman–Crippen MR) is 140 cm³/mol. The molecule has 3 aromatic rings. The first kappa shape index (κ1) is 25.6. The van der Waals surface area contributed by atoms with E-state index in [1.807, 2.05) is 37.4 Å². The van der Waals surface area contributed by atoms with Gasteiger partial charge in [0.1, 0.15) is 12.3 Å². The van der Waals surface area contributed by atoms with Gasteiger partial charge in [0.15, 0.2) is 0 Å². The molecule has 0 atom stereocenters. The average molecular weight is 499 g/mol. The number of hydrogen-bond donors (Lipinski definition) is 1. The van der Waals surface area contributed by atoms with E-state index in [1.165, 1.54) is 11.8 Å². The molecular weight excluding hydrogens is 468 g/mol. The third-order valence-electron chi connectivity index (χ3n) is 5.23. The lowest BCUT2D eigenvalue weighted by molar-refractivity contribution is -0.114. The molecule has 0 saturated heterocycles. The van der Waals surface area contributed by atoms with E-state index in [9.17, 15) is 13.2 Å². The smallest absolute Gasteiger partial charge is 0.264 e. The lowest BCUT2D eigenvalue weighted by Crippen LogP contribution is -2.38. The molecule has 1 N–H and O–H groups in total. The van der Waals surface area contributed by atoms with Crippen LogP contribution in [0.15, 0.2) is 82.6 Å². The number of hydrogen-bond acceptors (Lipinski definition) is 5. The minimum atomic E-state index is -4.04. The Bertz CT molecular complexity index is 1210. The maximum absolute atomic E-state index is 13.7. The third-order valence-corrected chi connectivity index (χ3v) is 7.75. The van der Waals surface area contributed by atoms with Crippen LogP contribution in [-0.4, -0.2) is 33.7 Å². The Hall–Kier alpha value is -2.97. The van der Waals surface area contributed by atoms with E-state index in [2.05, 4.69) is 19.2 Å². The molecule has 8 heteroatoms. The molecular formula is C26H30N2O4S2. The van der Waals surface area contributed by atoms with Crippen molar-refractivity contribution in [2.75, 3.05) is 29.0 Å². The van der Waals surface area contributed by atoms with E-state index in [-0.39, 0.29) is 4.90 Å². The van der Waals surface area contributed by atoms with Crippen molar-refractivity contribution in [1.29, 1.82) is 0 Å². The molecule has 6 nitrogen and oxygen atoms in total. The van der Waals surface area contributed by atoms with Gasteiger partial charge in [-0.3, -0.25) is 9.10 Å². The van der Waals surface area contributed by atoms with Crippen LogP contribution in [0.25, 0.3) is 0 Å². The second-order valence-corrected chi connectivity index (χ2v) is 10.7. The predicted octanol–water partition coefficient (Wildman–Crippen LogP) is 5.76. The Morgan fingerprint density at radius 1 is 1.00 bits per heavy atom. The maximum atomic E-state index is 13.7. The van der Waals surface area contributed by atoms with Gasteiger partial charge in [-0.05, 0) is 73.2 Å². The summed E-state index contributed by atoms with van der Waals surface area (Å²) in [4.78, 5) is 14.1. The molecule has 0 unspecified atom stereocenters. The maximum Gasteiger partial charge on any atom is 0.264 e. The van der Waals surface area contributed by atoms with Crippen LogP contribution in [-0.2, 0) is 14.8 Å². The zero-order chi connectivity index (χ0) is 24.7. The van der Waals surface area contributed by atoms with Gasteiger partial charge in [0.05, 0.1) is 17.2 Å². The van der Waals surface area contributed by atoms with Crippen LogP contribution in [0, 0.1) is 0 Å². The first-order valence-electron chi connectivity index (χ1n) is 11.0. The minimum Gasteiger partial charge on any atom is -0.492 e. The summed E-state index contributed by atoms with van der Waals surface area (Å²) in [5.74, 6) is 0.314. The van der Waals surface area contributed by atoms with Crippen LogP contribution in [0.1, 0.15) is 32.3 Å². The highest BCUT2D eigenvalue weighted by Gasteiger charge is 2.29. The number of benzene rings is 3. The highest BCUT2D eigenvalue weighted by Crippen LogP contribution is 2.33. The summed E-state index contributed by atoms with van der Waals surface area (Å²) in [6.07, 6.45) is 1.92. The highest BCUT2D eigenvalue weighted by atomic mass is 32.2. The zero-order valence-corrected chi connectivity index (χ0v) is 21.4. The fraction of sp³-hybridized carbons (Fsp3) is 0.269. The Morgan fingerprint density at radius 2 is 1.65 bits per heavy atom. The molecule has 0 aromatic heterocycles. The Balaban J connectivity index is 1.95. The van der Waals surface area contributed by atoms with Crippen molar-refractivity contribution in [3.05, 3.63) is 78.4 Å². The SMILES string of the molecule is CCOc1ccccc1N(CC(=O)Nc1ccc(C(C)C)cc1)S(=O)(=O)c1ccc(SC)cc1. The molecule has 0 bridgehead atoms. The minimum absolute atomic E-state index is 0.102. The molecule has 0 radical (unpaired) electrons. The number of para-hydroxylation sites is 2. The fourth-order valence-corrected chi connectivity index (χ4v) is 5.24. The number of rotatable bonds is 10. The van der Waals surface area contributed by atoms with Crippen LogP contribution in [0.4, 0.5) is 11.4 Å². The van der Waals surface area contributed by atoms with Gasteiger partial charge in [-0.15, -0.1) is 11.8 Å². The van der Waals surface area contributed by atoms with Crippen molar-refractivity contribution in [2.45, 2.75) is 36.5 Å². The van der Waals surface area contributed by atoms with E-state index < -0.39 is 22.5 Å². The number of carbonyl (C=O) groups is 1. The van der Waals surface area contributed by atoms with Gasteiger partial charge in [-0.1, -0.05) is 38.1 Å².